The zero-order valence-electron chi connectivity index (χ0n) is 17.8. The molecule has 0 saturated carbocycles. The predicted octanol–water partition coefficient (Wildman–Crippen LogP) is 3.83. The van der Waals surface area contributed by atoms with Gasteiger partial charge in [-0.2, -0.15) is 0 Å². The van der Waals surface area contributed by atoms with Crippen molar-refractivity contribution in [2.45, 2.75) is 52.6 Å². The molecule has 160 valence electrons. The lowest BCUT2D eigenvalue weighted by atomic mass is 10.1. The minimum absolute atomic E-state index is 0. The van der Waals surface area contributed by atoms with Gasteiger partial charge in [0.1, 0.15) is 5.82 Å². The fourth-order valence-electron chi connectivity index (χ4n) is 3.67. The molecule has 0 spiro atoms. The molecule has 1 aliphatic rings. The molecule has 7 heteroatoms. The molecule has 0 bridgehead atoms. The van der Waals surface area contributed by atoms with E-state index in [0.717, 1.165) is 50.5 Å². The van der Waals surface area contributed by atoms with Gasteiger partial charge in [0.15, 0.2) is 5.96 Å². The molecule has 28 heavy (non-hydrogen) atoms. The molecule has 0 atom stereocenters. The quantitative estimate of drug-likeness (QED) is 0.320. The van der Waals surface area contributed by atoms with Crippen LogP contribution in [-0.2, 0) is 6.54 Å². The Labute approximate surface area is 187 Å². The molecule has 2 rings (SSSR count). The molecule has 0 amide bonds. The van der Waals surface area contributed by atoms with Gasteiger partial charge in [-0.1, -0.05) is 13.0 Å². The van der Waals surface area contributed by atoms with Crippen molar-refractivity contribution in [2.24, 2.45) is 4.99 Å². The van der Waals surface area contributed by atoms with E-state index in [1.165, 1.54) is 13.0 Å². The number of piperidine rings is 1. The number of hydrogen-bond donors (Lipinski definition) is 2. The first-order chi connectivity index (χ1) is 13.1. The first-order valence-corrected chi connectivity index (χ1v) is 10.3. The average molecular weight is 505 g/mol. The van der Waals surface area contributed by atoms with Crippen molar-refractivity contribution in [1.29, 1.82) is 0 Å². The lowest BCUT2D eigenvalue weighted by molar-refractivity contribution is 0.206. The first-order valence-electron chi connectivity index (χ1n) is 10.3. The van der Waals surface area contributed by atoms with Crippen LogP contribution in [0.2, 0.25) is 0 Å². The molecule has 5 nitrogen and oxygen atoms in total. The highest BCUT2D eigenvalue weighted by molar-refractivity contribution is 14.0. The standard InChI is InChI=1S/C21H36FN5.HI/c1-5-12-26-13-10-18(11-14-26)25-21(23-4)24-16-17-8-9-20(19(22)15-17)27(6-2)7-3;/h8-9,15,18H,5-7,10-14,16H2,1-4H3,(H2,23,24,25);1H. The number of guanidine groups is 1. The number of nitrogens with one attached hydrogen (secondary N) is 2. The number of halogens is 2. The van der Waals surface area contributed by atoms with Crippen molar-refractivity contribution in [2.75, 3.05) is 44.7 Å². The lowest BCUT2D eigenvalue weighted by Gasteiger charge is -2.32. The Kier molecular flexibility index (Phi) is 11.8. The van der Waals surface area contributed by atoms with Crippen LogP contribution in [0, 0.1) is 5.82 Å². The number of hydrogen-bond acceptors (Lipinski definition) is 3. The summed E-state index contributed by atoms with van der Waals surface area (Å²) in [7, 11) is 1.78. The Hall–Kier alpha value is -1.09. The van der Waals surface area contributed by atoms with Crippen molar-refractivity contribution < 1.29 is 4.39 Å². The van der Waals surface area contributed by atoms with E-state index in [1.54, 1.807) is 13.1 Å². The van der Waals surface area contributed by atoms with Crippen molar-refractivity contribution >= 4 is 35.6 Å². The molecule has 0 aliphatic carbocycles. The van der Waals surface area contributed by atoms with Gasteiger partial charge in [0, 0.05) is 45.8 Å². The van der Waals surface area contributed by atoms with E-state index in [0.29, 0.717) is 18.3 Å². The molecule has 0 aromatic heterocycles. The molecule has 0 radical (unpaired) electrons. The Morgan fingerprint density at radius 3 is 2.43 bits per heavy atom. The number of anilines is 1. The van der Waals surface area contributed by atoms with Gasteiger partial charge in [-0.3, -0.25) is 4.99 Å². The number of rotatable bonds is 8. The van der Waals surface area contributed by atoms with Gasteiger partial charge in [-0.25, -0.2) is 4.39 Å². The Balaban J connectivity index is 0.00000392. The summed E-state index contributed by atoms with van der Waals surface area (Å²) in [6.45, 7) is 12.0. The zero-order valence-corrected chi connectivity index (χ0v) is 20.1. The summed E-state index contributed by atoms with van der Waals surface area (Å²) in [6, 6.07) is 5.93. The molecule has 2 N–H and O–H groups in total. The maximum Gasteiger partial charge on any atom is 0.191 e. The van der Waals surface area contributed by atoms with E-state index in [9.17, 15) is 4.39 Å². The van der Waals surface area contributed by atoms with E-state index in [1.807, 2.05) is 30.9 Å². The van der Waals surface area contributed by atoms with Crippen LogP contribution in [-0.4, -0.2) is 56.7 Å². The van der Waals surface area contributed by atoms with E-state index in [2.05, 4.69) is 27.4 Å². The van der Waals surface area contributed by atoms with Crippen LogP contribution >= 0.6 is 24.0 Å². The summed E-state index contributed by atoms with van der Waals surface area (Å²) in [5.74, 6) is 0.626. The number of benzene rings is 1. The highest BCUT2D eigenvalue weighted by Gasteiger charge is 2.19. The smallest absolute Gasteiger partial charge is 0.191 e. The normalized spacial score (nSPS) is 15.8. The van der Waals surface area contributed by atoms with Gasteiger partial charge in [-0.05, 0) is 57.4 Å². The molecule has 0 unspecified atom stereocenters. The number of aliphatic imine (C=N–C) groups is 1. The molecule has 1 aromatic carbocycles. The molecule has 1 heterocycles. The molecule has 1 fully saturated rings. The molecule has 1 aliphatic heterocycles. The van der Waals surface area contributed by atoms with Crippen LogP contribution in [0.3, 0.4) is 0 Å². The summed E-state index contributed by atoms with van der Waals surface area (Å²) in [5.41, 5.74) is 1.59. The van der Waals surface area contributed by atoms with Crippen LogP contribution in [0.1, 0.15) is 45.6 Å². The molecular weight excluding hydrogens is 468 g/mol. The van der Waals surface area contributed by atoms with Crippen LogP contribution in [0.5, 0.6) is 0 Å². The maximum atomic E-state index is 14.4. The average Bonchev–Trinajstić information content (AvgIpc) is 2.69. The fraction of sp³-hybridized carbons (Fsp3) is 0.667. The third-order valence-corrected chi connectivity index (χ3v) is 5.27. The van der Waals surface area contributed by atoms with Gasteiger partial charge in [0.2, 0.25) is 0 Å². The lowest BCUT2D eigenvalue weighted by Crippen LogP contribution is -2.48. The highest BCUT2D eigenvalue weighted by atomic mass is 127. The summed E-state index contributed by atoms with van der Waals surface area (Å²) < 4.78 is 14.4. The Morgan fingerprint density at radius 1 is 1.21 bits per heavy atom. The predicted molar refractivity (Wildman–Crippen MR) is 128 cm³/mol. The van der Waals surface area contributed by atoms with Crippen molar-refractivity contribution in [1.82, 2.24) is 15.5 Å². The first kappa shape index (κ1) is 24.9. The van der Waals surface area contributed by atoms with Crippen LogP contribution in [0.4, 0.5) is 10.1 Å². The Bertz CT molecular complexity index is 598. The second-order valence-corrected chi connectivity index (χ2v) is 7.14. The molecule has 1 saturated heterocycles. The van der Waals surface area contributed by atoms with Crippen molar-refractivity contribution in [3.63, 3.8) is 0 Å². The maximum absolute atomic E-state index is 14.4. The number of likely N-dealkylation sites (tertiary alicyclic amines) is 1. The number of nitrogens with zero attached hydrogens (tertiary/aromatic N) is 3. The van der Waals surface area contributed by atoms with Crippen LogP contribution in [0.15, 0.2) is 23.2 Å². The summed E-state index contributed by atoms with van der Waals surface area (Å²) in [4.78, 5) is 8.87. The topological polar surface area (TPSA) is 42.9 Å². The summed E-state index contributed by atoms with van der Waals surface area (Å²) in [5, 5.41) is 6.83. The monoisotopic (exact) mass is 505 g/mol. The Morgan fingerprint density at radius 2 is 1.89 bits per heavy atom. The zero-order chi connectivity index (χ0) is 19.6. The summed E-state index contributed by atoms with van der Waals surface area (Å²) in [6.07, 6.45) is 3.48. The second kappa shape index (κ2) is 13.2. The van der Waals surface area contributed by atoms with E-state index >= 15 is 0 Å². The van der Waals surface area contributed by atoms with Gasteiger partial charge in [-0.15, -0.1) is 24.0 Å². The fourth-order valence-corrected chi connectivity index (χ4v) is 3.67. The summed E-state index contributed by atoms with van der Waals surface area (Å²) >= 11 is 0. The van der Waals surface area contributed by atoms with Crippen LogP contribution in [0.25, 0.3) is 0 Å². The molecule has 1 aromatic rings. The second-order valence-electron chi connectivity index (χ2n) is 7.14. The van der Waals surface area contributed by atoms with E-state index in [-0.39, 0.29) is 29.8 Å². The van der Waals surface area contributed by atoms with Crippen molar-refractivity contribution in [3.8, 4) is 0 Å². The van der Waals surface area contributed by atoms with Crippen LogP contribution < -0.4 is 15.5 Å². The van der Waals surface area contributed by atoms with Crippen molar-refractivity contribution in [3.05, 3.63) is 29.6 Å². The van der Waals surface area contributed by atoms with E-state index in [4.69, 9.17) is 0 Å². The SMILES string of the molecule is CCCN1CCC(NC(=NC)NCc2ccc(N(CC)CC)c(F)c2)CC1.I. The third kappa shape index (κ3) is 7.39. The highest BCUT2D eigenvalue weighted by Crippen LogP contribution is 2.20. The van der Waals surface area contributed by atoms with Gasteiger partial charge < -0.3 is 20.4 Å². The van der Waals surface area contributed by atoms with E-state index < -0.39 is 0 Å². The molecular formula is C21H37FIN5. The largest absolute Gasteiger partial charge is 0.370 e. The third-order valence-electron chi connectivity index (χ3n) is 5.27. The minimum atomic E-state index is -0.163. The van der Waals surface area contributed by atoms with Gasteiger partial charge in [0.05, 0.1) is 5.69 Å². The minimum Gasteiger partial charge on any atom is -0.370 e. The van der Waals surface area contributed by atoms with Gasteiger partial charge >= 0.3 is 0 Å². The van der Waals surface area contributed by atoms with Gasteiger partial charge in [0.25, 0.3) is 0 Å².